The van der Waals surface area contributed by atoms with Gasteiger partial charge in [-0.15, -0.1) is 12.6 Å². The van der Waals surface area contributed by atoms with Crippen LogP contribution >= 0.6 is 12.6 Å². The Balaban J connectivity index is 0. The summed E-state index contributed by atoms with van der Waals surface area (Å²) in [6.07, 6.45) is 5.21. The second-order valence-electron chi connectivity index (χ2n) is 2.21. The van der Waals surface area contributed by atoms with E-state index in [1.807, 2.05) is 36.4 Å². The van der Waals surface area contributed by atoms with Gasteiger partial charge in [-0.25, -0.2) is 0 Å². The molecule has 0 fully saturated rings. The largest absolute Gasteiger partial charge is 0.412 e. The normalized spacial score (nSPS) is 7.27. The summed E-state index contributed by atoms with van der Waals surface area (Å²) in [7, 11) is 0. The summed E-state index contributed by atoms with van der Waals surface area (Å²) in [6, 6.07) is 11.3. The number of thiol groups is 1. The SMILES string of the molecule is O.Sc1ccccn1.[Zn].c1ccncc1. The Bertz CT molecular complexity index is 294. The summed E-state index contributed by atoms with van der Waals surface area (Å²) in [5.74, 6) is 0. The van der Waals surface area contributed by atoms with E-state index in [1.54, 1.807) is 18.6 Å². The van der Waals surface area contributed by atoms with Crippen LogP contribution in [0.15, 0.2) is 60.0 Å². The Morgan fingerprint density at radius 2 is 1.47 bits per heavy atom. The molecule has 0 spiro atoms. The van der Waals surface area contributed by atoms with E-state index in [0.717, 1.165) is 5.03 Å². The molecule has 0 saturated heterocycles. The van der Waals surface area contributed by atoms with Crippen LogP contribution in [0, 0.1) is 0 Å². The van der Waals surface area contributed by atoms with E-state index in [1.165, 1.54) is 0 Å². The second kappa shape index (κ2) is 11.3. The van der Waals surface area contributed by atoms with Gasteiger partial charge >= 0.3 is 0 Å². The van der Waals surface area contributed by atoms with Crippen LogP contribution in [0.4, 0.5) is 0 Å². The minimum atomic E-state index is 0. The van der Waals surface area contributed by atoms with E-state index < -0.39 is 0 Å². The molecule has 0 radical (unpaired) electrons. The van der Waals surface area contributed by atoms with Gasteiger partial charge in [-0.2, -0.15) is 0 Å². The standard InChI is InChI=1S/C5H5NS.C5H5N.H2O.Zn/c7-5-3-1-2-4-6-5;1-2-4-6-5-3-1;;/h1-4H,(H,6,7);1-5H;1H2;. The first-order valence-corrected chi connectivity index (χ1v) is 4.29. The summed E-state index contributed by atoms with van der Waals surface area (Å²) in [5.41, 5.74) is 0. The van der Waals surface area contributed by atoms with Crippen molar-refractivity contribution >= 4 is 12.6 Å². The van der Waals surface area contributed by atoms with Gasteiger partial charge in [0.2, 0.25) is 0 Å². The fourth-order valence-electron chi connectivity index (χ4n) is 0.666. The summed E-state index contributed by atoms with van der Waals surface area (Å²) < 4.78 is 0. The quantitative estimate of drug-likeness (QED) is 0.586. The van der Waals surface area contributed by atoms with Gasteiger partial charge in [0.1, 0.15) is 0 Å². The monoisotopic (exact) mass is 272 g/mol. The van der Waals surface area contributed by atoms with Gasteiger partial charge in [0, 0.05) is 38.1 Å². The Kier molecular flexibility index (Phi) is 12.6. The molecule has 2 aromatic heterocycles. The minimum Gasteiger partial charge on any atom is -0.412 e. The summed E-state index contributed by atoms with van der Waals surface area (Å²) in [4.78, 5) is 7.63. The third kappa shape index (κ3) is 9.54. The maximum atomic E-state index is 3.97. The number of nitrogens with zero attached hydrogens (tertiary/aromatic N) is 2. The van der Waals surface area contributed by atoms with Crippen LogP contribution in [0.2, 0.25) is 0 Å². The Hall–Kier alpha value is -0.767. The first-order chi connectivity index (χ1) is 6.39. The number of pyridine rings is 2. The molecule has 2 heterocycles. The molecular formula is C10H12N2OSZn. The molecule has 3 nitrogen and oxygen atoms in total. The maximum Gasteiger partial charge on any atom is 0.0929 e. The van der Waals surface area contributed by atoms with Crippen molar-refractivity contribution in [2.45, 2.75) is 5.03 Å². The van der Waals surface area contributed by atoms with E-state index >= 15 is 0 Å². The van der Waals surface area contributed by atoms with Crippen LogP contribution in [0.25, 0.3) is 0 Å². The summed E-state index contributed by atoms with van der Waals surface area (Å²) in [6.45, 7) is 0. The van der Waals surface area contributed by atoms with Crippen LogP contribution in [-0.2, 0) is 19.5 Å². The van der Waals surface area contributed by atoms with Crippen molar-refractivity contribution in [3.63, 3.8) is 0 Å². The third-order valence-corrected chi connectivity index (χ3v) is 1.48. The third-order valence-electron chi connectivity index (χ3n) is 1.22. The zero-order chi connectivity index (χ0) is 9.36. The molecule has 2 N–H and O–H groups in total. The molecule has 0 saturated carbocycles. The average Bonchev–Trinajstić information content (AvgIpc) is 2.22. The van der Waals surface area contributed by atoms with Crippen LogP contribution in [0.5, 0.6) is 0 Å². The molecule has 0 amide bonds. The number of hydrogen-bond donors (Lipinski definition) is 1. The van der Waals surface area contributed by atoms with Crippen molar-refractivity contribution < 1.29 is 25.0 Å². The summed E-state index contributed by atoms with van der Waals surface area (Å²) >= 11 is 3.97. The van der Waals surface area contributed by atoms with Gasteiger partial charge < -0.3 is 5.48 Å². The van der Waals surface area contributed by atoms with Gasteiger partial charge in [-0.3, -0.25) is 9.97 Å². The maximum absolute atomic E-state index is 3.97. The summed E-state index contributed by atoms with van der Waals surface area (Å²) in [5, 5.41) is 0.766. The number of hydrogen-bond acceptors (Lipinski definition) is 3. The average molecular weight is 274 g/mol. The van der Waals surface area contributed by atoms with Gasteiger partial charge in [0.25, 0.3) is 0 Å². The van der Waals surface area contributed by atoms with Crippen molar-refractivity contribution in [1.82, 2.24) is 9.97 Å². The molecule has 0 aromatic carbocycles. The molecule has 0 aliphatic carbocycles. The number of rotatable bonds is 0. The van der Waals surface area contributed by atoms with Crippen LogP contribution < -0.4 is 0 Å². The van der Waals surface area contributed by atoms with Crippen LogP contribution in [-0.4, -0.2) is 15.4 Å². The van der Waals surface area contributed by atoms with Crippen LogP contribution in [0.3, 0.4) is 0 Å². The van der Waals surface area contributed by atoms with Crippen LogP contribution in [0.1, 0.15) is 0 Å². The zero-order valence-electron chi connectivity index (χ0n) is 8.24. The fourth-order valence-corrected chi connectivity index (χ4v) is 0.819. The molecule has 0 aliphatic rings. The van der Waals surface area contributed by atoms with Crippen molar-refractivity contribution in [2.75, 3.05) is 0 Å². The van der Waals surface area contributed by atoms with E-state index in [0.29, 0.717) is 0 Å². The minimum absolute atomic E-state index is 0. The van der Waals surface area contributed by atoms with Crippen molar-refractivity contribution in [2.24, 2.45) is 0 Å². The van der Waals surface area contributed by atoms with Crippen molar-refractivity contribution in [3.05, 3.63) is 55.0 Å². The smallest absolute Gasteiger partial charge is 0.0929 e. The van der Waals surface area contributed by atoms with Gasteiger partial charge in [-0.1, -0.05) is 12.1 Å². The van der Waals surface area contributed by atoms with Crippen molar-refractivity contribution in [3.8, 4) is 0 Å². The fraction of sp³-hybridized carbons (Fsp3) is 0. The molecule has 0 unspecified atom stereocenters. The first-order valence-electron chi connectivity index (χ1n) is 3.84. The van der Waals surface area contributed by atoms with E-state index in [9.17, 15) is 0 Å². The van der Waals surface area contributed by atoms with E-state index in [-0.39, 0.29) is 25.0 Å². The molecule has 5 heteroatoms. The topological polar surface area (TPSA) is 57.3 Å². The van der Waals surface area contributed by atoms with Crippen molar-refractivity contribution in [1.29, 1.82) is 0 Å². The molecule has 0 atom stereocenters. The Morgan fingerprint density at radius 3 is 1.67 bits per heavy atom. The molecule has 2 rings (SSSR count). The molecule has 0 aliphatic heterocycles. The number of aromatic nitrogens is 2. The second-order valence-corrected chi connectivity index (χ2v) is 2.67. The van der Waals surface area contributed by atoms with Gasteiger partial charge in [-0.05, 0) is 24.3 Å². The molecule has 15 heavy (non-hydrogen) atoms. The molecular weight excluding hydrogens is 262 g/mol. The predicted octanol–water partition coefficient (Wildman–Crippen LogP) is 1.62. The predicted molar refractivity (Wildman–Crippen MR) is 59.3 cm³/mol. The van der Waals surface area contributed by atoms with Gasteiger partial charge in [0.05, 0.1) is 5.03 Å². The molecule has 0 bridgehead atoms. The Labute approximate surface area is 107 Å². The zero-order valence-corrected chi connectivity index (χ0v) is 12.1. The Morgan fingerprint density at radius 1 is 0.867 bits per heavy atom. The van der Waals surface area contributed by atoms with E-state index in [4.69, 9.17) is 0 Å². The molecule has 2 aromatic rings. The van der Waals surface area contributed by atoms with Gasteiger partial charge in [0.15, 0.2) is 0 Å². The molecule has 76 valence electrons. The van der Waals surface area contributed by atoms with E-state index in [2.05, 4.69) is 22.6 Å². The first kappa shape index (κ1) is 16.7.